The Bertz CT molecular complexity index is 173. The summed E-state index contributed by atoms with van der Waals surface area (Å²) in [5, 5.41) is 4.97. The van der Waals surface area contributed by atoms with Gasteiger partial charge in [-0.3, -0.25) is 5.01 Å². The van der Waals surface area contributed by atoms with Crippen LogP contribution in [-0.4, -0.2) is 29.5 Å². The summed E-state index contributed by atoms with van der Waals surface area (Å²) < 4.78 is 0. The van der Waals surface area contributed by atoms with Crippen LogP contribution in [0, 0.1) is 0 Å². The molecule has 0 aromatic heterocycles. The van der Waals surface area contributed by atoms with Crippen molar-refractivity contribution in [2.45, 2.75) is 0 Å². The van der Waals surface area contributed by atoms with Crippen molar-refractivity contribution >= 4 is 5.96 Å². The lowest BCUT2D eigenvalue weighted by molar-refractivity contribution is 0.402. The molecule has 1 rings (SSSR count). The second kappa shape index (κ2) is 2.57. The second-order valence-corrected chi connectivity index (χ2v) is 2.08. The fourth-order valence-electron chi connectivity index (χ4n) is 0.835. The van der Waals surface area contributed by atoms with E-state index in [-0.39, 0.29) is 0 Å². The molecule has 10 heavy (non-hydrogen) atoms. The molecule has 0 saturated carbocycles. The molecule has 0 aliphatic carbocycles. The van der Waals surface area contributed by atoms with Crippen LogP contribution in [0.5, 0.6) is 0 Å². The molecule has 56 valence electrons. The van der Waals surface area contributed by atoms with Gasteiger partial charge in [-0.05, 0) is 6.08 Å². The standard InChI is InChI=1S/C5H11N5/c1-9-3-2-4-10(7)5(9)8-6/h2-3H,4,6-7H2,1H3. The quantitative estimate of drug-likeness (QED) is 0.330. The van der Waals surface area contributed by atoms with Gasteiger partial charge in [0.2, 0.25) is 5.96 Å². The Hall–Kier alpha value is -1.23. The van der Waals surface area contributed by atoms with Gasteiger partial charge in [-0.15, -0.1) is 5.10 Å². The zero-order valence-corrected chi connectivity index (χ0v) is 5.86. The molecule has 0 atom stereocenters. The van der Waals surface area contributed by atoms with Crippen molar-refractivity contribution < 1.29 is 0 Å². The molecule has 1 aliphatic heterocycles. The Morgan fingerprint density at radius 3 is 2.80 bits per heavy atom. The first-order chi connectivity index (χ1) is 4.75. The van der Waals surface area contributed by atoms with E-state index < -0.39 is 0 Å². The van der Waals surface area contributed by atoms with E-state index >= 15 is 0 Å². The molecule has 0 radical (unpaired) electrons. The number of hydrogen-bond acceptors (Lipinski definition) is 3. The molecule has 5 heteroatoms. The molecule has 0 spiro atoms. The van der Waals surface area contributed by atoms with Crippen LogP contribution in [0.4, 0.5) is 0 Å². The van der Waals surface area contributed by atoms with Crippen molar-refractivity contribution in [2.24, 2.45) is 16.8 Å². The molecule has 0 bridgehead atoms. The topological polar surface area (TPSA) is 70.9 Å². The van der Waals surface area contributed by atoms with Crippen molar-refractivity contribution in [3.05, 3.63) is 12.3 Å². The lowest BCUT2D eigenvalue weighted by Gasteiger charge is -2.27. The van der Waals surface area contributed by atoms with Crippen LogP contribution in [0.1, 0.15) is 0 Å². The SMILES string of the molecule is CN1C=CCN(N)C1=NN. The smallest absolute Gasteiger partial charge is 0.236 e. The summed E-state index contributed by atoms with van der Waals surface area (Å²) in [6.07, 6.45) is 3.80. The molecule has 0 fully saturated rings. The maximum Gasteiger partial charge on any atom is 0.236 e. The average molecular weight is 141 g/mol. The van der Waals surface area contributed by atoms with E-state index in [1.807, 2.05) is 19.3 Å². The van der Waals surface area contributed by atoms with Crippen LogP contribution >= 0.6 is 0 Å². The maximum absolute atomic E-state index is 5.51. The molecule has 5 nitrogen and oxygen atoms in total. The maximum atomic E-state index is 5.51. The first-order valence-electron chi connectivity index (χ1n) is 2.95. The van der Waals surface area contributed by atoms with Crippen molar-refractivity contribution in [1.29, 1.82) is 0 Å². The highest BCUT2D eigenvalue weighted by molar-refractivity contribution is 5.80. The van der Waals surface area contributed by atoms with Crippen LogP contribution in [0.15, 0.2) is 17.4 Å². The van der Waals surface area contributed by atoms with Crippen molar-refractivity contribution in [1.82, 2.24) is 9.91 Å². The summed E-state index contributed by atoms with van der Waals surface area (Å²) in [5.41, 5.74) is 0. The second-order valence-electron chi connectivity index (χ2n) is 2.08. The van der Waals surface area contributed by atoms with Crippen LogP contribution in [-0.2, 0) is 0 Å². The van der Waals surface area contributed by atoms with Gasteiger partial charge in [-0.1, -0.05) is 0 Å². The first-order valence-corrected chi connectivity index (χ1v) is 2.95. The Morgan fingerprint density at radius 1 is 1.70 bits per heavy atom. The van der Waals surface area contributed by atoms with E-state index in [0.29, 0.717) is 12.5 Å². The summed E-state index contributed by atoms with van der Waals surface area (Å²) in [6.45, 7) is 0.653. The lowest BCUT2D eigenvalue weighted by Crippen LogP contribution is -2.47. The van der Waals surface area contributed by atoms with Crippen molar-refractivity contribution in [3.8, 4) is 0 Å². The average Bonchev–Trinajstić information content (AvgIpc) is 1.88. The summed E-state index contributed by atoms with van der Waals surface area (Å²) >= 11 is 0. The predicted octanol–water partition coefficient (Wildman–Crippen LogP) is -1.15. The van der Waals surface area contributed by atoms with Gasteiger partial charge in [0, 0.05) is 13.2 Å². The highest BCUT2D eigenvalue weighted by Gasteiger charge is 2.12. The van der Waals surface area contributed by atoms with E-state index in [2.05, 4.69) is 5.10 Å². The molecule has 0 amide bonds. The van der Waals surface area contributed by atoms with E-state index in [1.165, 1.54) is 5.01 Å². The highest BCUT2D eigenvalue weighted by Crippen LogP contribution is 1.98. The molecular weight excluding hydrogens is 130 g/mol. The lowest BCUT2D eigenvalue weighted by atomic mass is 10.5. The number of nitrogens with zero attached hydrogens (tertiary/aromatic N) is 3. The number of rotatable bonds is 0. The number of hydrogen-bond donors (Lipinski definition) is 2. The summed E-state index contributed by atoms with van der Waals surface area (Å²) in [4.78, 5) is 1.75. The van der Waals surface area contributed by atoms with Gasteiger partial charge < -0.3 is 10.7 Å². The van der Waals surface area contributed by atoms with Gasteiger partial charge in [0.05, 0.1) is 6.54 Å². The Balaban J connectivity index is 2.78. The largest absolute Gasteiger partial charge is 0.320 e. The van der Waals surface area contributed by atoms with Crippen LogP contribution in [0.25, 0.3) is 0 Å². The molecular formula is C5H11N5. The van der Waals surface area contributed by atoms with E-state index in [1.54, 1.807) is 4.90 Å². The van der Waals surface area contributed by atoms with Gasteiger partial charge in [0.1, 0.15) is 0 Å². The summed E-state index contributed by atoms with van der Waals surface area (Å²) in [5.74, 6) is 11.2. The van der Waals surface area contributed by atoms with Gasteiger partial charge in [-0.2, -0.15) is 0 Å². The minimum atomic E-state index is 0.572. The van der Waals surface area contributed by atoms with E-state index in [9.17, 15) is 0 Å². The summed E-state index contributed by atoms with van der Waals surface area (Å²) in [7, 11) is 1.83. The third-order valence-electron chi connectivity index (χ3n) is 1.32. The molecule has 1 aliphatic rings. The zero-order chi connectivity index (χ0) is 7.56. The predicted molar refractivity (Wildman–Crippen MR) is 39.4 cm³/mol. The Labute approximate surface area is 59.5 Å². The van der Waals surface area contributed by atoms with Gasteiger partial charge in [0.25, 0.3) is 0 Å². The van der Waals surface area contributed by atoms with Crippen LogP contribution in [0.2, 0.25) is 0 Å². The molecule has 4 N–H and O–H groups in total. The molecule has 0 saturated heterocycles. The van der Waals surface area contributed by atoms with Gasteiger partial charge in [0.15, 0.2) is 0 Å². The zero-order valence-electron chi connectivity index (χ0n) is 5.86. The monoisotopic (exact) mass is 141 g/mol. The van der Waals surface area contributed by atoms with Gasteiger partial charge >= 0.3 is 0 Å². The number of nitrogens with two attached hydrogens (primary N) is 2. The summed E-state index contributed by atoms with van der Waals surface area (Å²) in [6, 6.07) is 0. The van der Waals surface area contributed by atoms with Crippen molar-refractivity contribution in [3.63, 3.8) is 0 Å². The fraction of sp³-hybridized carbons (Fsp3) is 0.400. The van der Waals surface area contributed by atoms with E-state index in [0.717, 1.165) is 0 Å². The third kappa shape index (κ3) is 1.03. The van der Waals surface area contributed by atoms with Crippen LogP contribution < -0.4 is 11.7 Å². The van der Waals surface area contributed by atoms with Gasteiger partial charge in [-0.25, -0.2) is 5.84 Å². The Kier molecular flexibility index (Phi) is 1.77. The number of guanidine groups is 1. The van der Waals surface area contributed by atoms with Crippen molar-refractivity contribution in [2.75, 3.05) is 13.6 Å². The van der Waals surface area contributed by atoms with Crippen LogP contribution in [0.3, 0.4) is 0 Å². The first kappa shape index (κ1) is 6.88. The Morgan fingerprint density at radius 2 is 2.40 bits per heavy atom. The molecule has 1 heterocycles. The molecule has 0 aromatic rings. The number of hydrazone groups is 1. The third-order valence-corrected chi connectivity index (χ3v) is 1.32. The molecule has 0 aromatic carbocycles. The minimum Gasteiger partial charge on any atom is -0.320 e. The fourth-order valence-corrected chi connectivity index (χ4v) is 0.835. The normalized spacial score (nSPS) is 22.4. The molecule has 0 unspecified atom stereocenters. The van der Waals surface area contributed by atoms with E-state index in [4.69, 9.17) is 11.7 Å². The highest BCUT2D eigenvalue weighted by atomic mass is 15.5. The number of hydrazine groups is 1. The minimum absolute atomic E-state index is 0.572.